The van der Waals surface area contributed by atoms with Crippen LogP contribution in [0.1, 0.15) is 32.1 Å². The standard InChI is InChI=1S/C11H13Cl2NO5/c12-6(7(13)9(16)17)8(15)14-11(10(18)19)4-2-1-3-5-11/h1-5H2,(H,14,15)(H,16,17)(H,18,19)/b7-6+. The summed E-state index contributed by atoms with van der Waals surface area (Å²) in [5, 5.41) is 18.6. The second-order valence-electron chi connectivity index (χ2n) is 4.34. The average molecular weight is 310 g/mol. The Morgan fingerprint density at radius 3 is 1.89 bits per heavy atom. The minimum Gasteiger partial charge on any atom is -0.480 e. The van der Waals surface area contributed by atoms with Gasteiger partial charge in [0.25, 0.3) is 5.91 Å². The van der Waals surface area contributed by atoms with Gasteiger partial charge in [-0.2, -0.15) is 0 Å². The third-order valence-corrected chi connectivity index (χ3v) is 3.86. The van der Waals surface area contributed by atoms with Gasteiger partial charge in [-0.25, -0.2) is 9.59 Å². The van der Waals surface area contributed by atoms with Gasteiger partial charge >= 0.3 is 11.9 Å². The van der Waals surface area contributed by atoms with Gasteiger partial charge in [-0.05, 0) is 12.8 Å². The van der Waals surface area contributed by atoms with Gasteiger partial charge in [0.2, 0.25) is 0 Å². The number of amides is 1. The van der Waals surface area contributed by atoms with E-state index in [4.69, 9.17) is 28.3 Å². The predicted octanol–water partition coefficient (Wildman–Crippen LogP) is 1.66. The van der Waals surface area contributed by atoms with Gasteiger partial charge in [-0.1, -0.05) is 42.5 Å². The number of carboxylic acids is 2. The molecule has 0 aliphatic heterocycles. The van der Waals surface area contributed by atoms with Crippen LogP contribution in [0, 0.1) is 0 Å². The summed E-state index contributed by atoms with van der Waals surface area (Å²) in [7, 11) is 0. The second kappa shape index (κ2) is 6.25. The summed E-state index contributed by atoms with van der Waals surface area (Å²) in [6.45, 7) is 0. The van der Waals surface area contributed by atoms with Crippen LogP contribution in [0.5, 0.6) is 0 Å². The van der Waals surface area contributed by atoms with Gasteiger partial charge in [-0.15, -0.1) is 0 Å². The molecule has 0 bridgehead atoms. The van der Waals surface area contributed by atoms with E-state index in [-0.39, 0.29) is 12.8 Å². The Balaban J connectivity index is 2.92. The van der Waals surface area contributed by atoms with E-state index in [0.717, 1.165) is 6.42 Å². The van der Waals surface area contributed by atoms with Crippen LogP contribution in [0.3, 0.4) is 0 Å². The molecule has 8 heteroatoms. The molecular weight excluding hydrogens is 297 g/mol. The van der Waals surface area contributed by atoms with Crippen LogP contribution in [-0.2, 0) is 14.4 Å². The van der Waals surface area contributed by atoms with Gasteiger partial charge in [0, 0.05) is 0 Å². The lowest BCUT2D eigenvalue weighted by atomic mass is 9.81. The highest BCUT2D eigenvalue weighted by atomic mass is 35.5. The van der Waals surface area contributed by atoms with E-state index in [1.165, 1.54) is 0 Å². The molecule has 0 spiro atoms. The fourth-order valence-electron chi connectivity index (χ4n) is 2.01. The molecule has 1 amide bonds. The Hall–Kier alpha value is -1.27. The Labute approximate surface area is 119 Å². The van der Waals surface area contributed by atoms with E-state index < -0.39 is 33.4 Å². The van der Waals surface area contributed by atoms with Gasteiger partial charge in [-0.3, -0.25) is 4.79 Å². The first-order valence-electron chi connectivity index (χ1n) is 5.64. The van der Waals surface area contributed by atoms with Crippen molar-refractivity contribution >= 4 is 41.0 Å². The van der Waals surface area contributed by atoms with Crippen molar-refractivity contribution in [1.82, 2.24) is 5.32 Å². The zero-order chi connectivity index (χ0) is 14.6. The van der Waals surface area contributed by atoms with Crippen molar-refractivity contribution in [3.63, 3.8) is 0 Å². The van der Waals surface area contributed by atoms with Crippen molar-refractivity contribution in [1.29, 1.82) is 0 Å². The smallest absolute Gasteiger partial charge is 0.349 e. The van der Waals surface area contributed by atoms with Crippen LogP contribution >= 0.6 is 23.2 Å². The number of carbonyl (C=O) groups is 3. The van der Waals surface area contributed by atoms with E-state index in [1.54, 1.807) is 0 Å². The first-order chi connectivity index (χ1) is 8.80. The van der Waals surface area contributed by atoms with Gasteiger partial charge in [0.15, 0.2) is 0 Å². The third-order valence-electron chi connectivity index (χ3n) is 3.05. The van der Waals surface area contributed by atoms with Crippen LogP contribution in [0.2, 0.25) is 0 Å². The fraction of sp³-hybridized carbons (Fsp3) is 0.545. The van der Waals surface area contributed by atoms with E-state index in [0.29, 0.717) is 12.8 Å². The number of carbonyl (C=O) groups excluding carboxylic acids is 1. The van der Waals surface area contributed by atoms with Crippen LogP contribution in [-0.4, -0.2) is 33.6 Å². The van der Waals surface area contributed by atoms with Crippen LogP contribution in [0.25, 0.3) is 0 Å². The highest BCUT2D eigenvalue weighted by Crippen LogP contribution is 2.29. The molecule has 0 aromatic carbocycles. The molecule has 0 aromatic heterocycles. The number of hydrogen-bond acceptors (Lipinski definition) is 3. The van der Waals surface area contributed by atoms with Crippen LogP contribution < -0.4 is 5.32 Å². The topological polar surface area (TPSA) is 104 Å². The number of nitrogens with one attached hydrogen (secondary N) is 1. The van der Waals surface area contributed by atoms with Gasteiger partial charge < -0.3 is 15.5 Å². The SMILES string of the molecule is O=C(O)/C(Cl)=C(\Cl)C(=O)NC1(C(=O)O)CCCCC1. The highest BCUT2D eigenvalue weighted by molar-refractivity contribution is 6.53. The molecule has 1 saturated carbocycles. The van der Waals surface area contributed by atoms with Crippen LogP contribution in [0.15, 0.2) is 10.1 Å². The molecule has 19 heavy (non-hydrogen) atoms. The van der Waals surface area contributed by atoms with Crippen molar-refractivity contribution < 1.29 is 24.6 Å². The van der Waals surface area contributed by atoms with E-state index in [1.807, 2.05) is 0 Å². The van der Waals surface area contributed by atoms with Crippen molar-refractivity contribution in [3.05, 3.63) is 10.1 Å². The lowest BCUT2D eigenvalue weighted by Gasteiger charge is -2.33. The summed E-state index contributed by atoms with van der Waals surface area (Å²) in [6, 6.07) is 0. The molecular formula is C11H13Cl2NO5. The zero-order valence-electron chi connectivity index (χ0n) is 9.91. The maximum Gasteiger partial charge on any atom is 0.349 e. The lowest BCUT2D eigenvalue weighted by Crippen LogP contribution is -2.55. The maximum atomic E-state index is 11.8. The average Bonchev–Trinajstić information content (AvgIpc) is 2.37. The molecule has 0 heterocycles. The van der Waals surface area contributed by atoms with Gasteiger partial charge in [0.05, 0.1) is 0 Å². The molecule has 0 saturated heterocycles. The summed E-state index contributed by atoms with van der Waals surface area (Å²) in [5.74, 6) is -3.69. The Kier molecular flexibility index (Phi) is 5.20. The highest BCUT2D eigenvalue weighted by Gasteiger charge is 2.41. The summed E-state index contributed by atoms with van der Waals surface area (Å²) >= 11 is 10.9. The normalized spacial score (nSPS) is 19.3. The number of hydrogen-bond donors (Lipinski definition) is 3. The summed E-state index contributed by atoms with van der Waals surface area (Å²) in [6.07, 6.45) is 2.79. The zero-order valence-corrected chi connectivity index (χ0v) is 11.4. The number of rotatable bonds is 4. The molecule has 1 fully saturated rings. The monoisotopic (exact) mass is 309 g/mol. The predicted molar refractivity (Wildman–Crippen MR) is 68.0 cm³/mol. The second-order valence-corrected chi connectivity index (χ2v) is 5.09. The van der Waals surface area contributed by atoms with Gasteiger partial charge in [0.1, 0.15) is 15.6 Å². The molecule has 106 valence electrons. The van der Waals surface area contributed by atoms with E-state index >= 15 is 0 Å². The summed E-state index contributed by atoms with van der Waals surface area (Å²) < 4.78 is 0. The quantitative estimate of drug-likeness (QED) is 0.685. The molecule has 0 unspecified atom stereocenters. The van der Waals surface area contributed by atoms with Crippen molar-refractivity contribution in [3.8, 4) is 0 Å². The lowest BCUT2D eigenvalue weighted by molar-refractivity contribution is -0.148. The van der Waals surface area contributed by atoms with Crippen molar-refractivity contribution in [2.45, 2.75) is 37.6 Å². The minimum absolute atomic E-state index is 0.281. The summed E-state index contributed by atoms with van der Waals surface area (Å²) in [4.78, 5) is 33.7. The van der Waals surface area contributed by atoms with Crippen LogP contribution in [0.4, 0.5) is 0 Å². The first kappa shape index (κ1) is 15.8. The fourth-order valence-corrected chi connectivity index (χ4v) is 2.23. The molecule has 1 rings (SSSR count). The summed E-state index contributed by atoms with van der Waals surface area (Å²) in [5.41, 5.74) is -1.40. The van der Waals surface area contributed by atoms with Crippen molar-refractivity contribution in [2.24, 2.45) is 0 Å². The molecule has 0 radical (unpaired) electrons. The molecule has 0 aromatic rings. The van der Waals surface area contributed by atoms with Crippen molar-refractivity contribution in [2.75, 3.05) is 0 Å². The maximum absolute atomic E-state index is 11.8. The number of halogens is 2. The largest absolute Gasteiger partial charge is 0.480 e. The molecule has 6 nitrogen and oxygen atoms in total. The molecule has 3 N–H and O–H groups in total. The minimum atomic E-state index is -1.55. The molecule has 0 atom stereocenters. The number of carboxylic acid groups (broad SMARTS) is 2. The van der Waals surface area contributed by atoms with E-state index in [9.17, 15) is 19.5 Å². The third kappa shape index (κ3) is 3.61. The first-order valence-corrected chi connectivity index (χ1v) is 6.40. The Morgan fingerprint density at radius 1 is 0.947 bits per heavy atom. The number of aliphatic carboxylic acids is 2. The molecule has 1 aliphatic rings. The Bertz CT molecular complexity index is 440. The van der Waals surface area contributed by atoms with E-state index in [2.05, 4.69) is 5.32 Å². The Morgan fingerprint density at radius 2 is 1.47 bits per heavy atom. The molecule has 1 aliphatic carbocycles.